The second-order valence-electron chi connectivity index (χ2n) is 6.81. The van der Waals surface area contributed by atoms with Crippen LogP contribution >= 0.6 is 0 Å². The number of nitrogens with two attached hydrogens (primary N) is 1. The molecule has 1 atom stereocenters. The van der Waals surface area contributed by atoms with Gasteiger partial charge in [0.2, 0.25) is 0 Å². The fraction of sp³-hybridized carbons (Fsp3) is 1.00. The summed E-state index contributed by atoms with van der Waals surface area (Å²) in [4.78, 5) is 2.40. The van der Waals surface area contributed by atoms with E-state index >= 15 is 0 Å². The first-order chi connectivity index (χ1) is 9.62. The first-order valence-corrected chi connectivity index (χ1v) is 8.61. The first kappa shape index (κ1) is 17.9. The van der Waals surface area contributed by atoms with Crippen LogP contribution in [0.15, 0.2) is 0 Å². The molecule has 0 amide bonds. The molecular formula is C17H36N2O. The van der Waals surface area contributed by atoms with E-state index in [1.165, 1.54) is 51.4 Å². The second-order valence-corrected chi connectivity index (χ2v) is 6.81. The molecule has 3 heteroatoms. The van der Waals surface area contributed by atoms with Gasteiger partial charge in [-0.25, -0.2) is 0 Å². The molecule has 2 N–H and O–H groups in total. The maximum Gasteiger partial charge on any atom is 0.0593 e. The van der Waals surface area contributed by atoms with Crippen molar-refractivity contribution in [1.82, 2.24) is 4.90 Å². The molecule has 0 aromatic heterocycles. The predicted octanol–water partition coefficient (Wildman–Crippen LogP) is 3.42. The maximum atomic E-state index is 6.03. The van der Waals surface area contributed by atoms with Crippen LogP contribution in [-0.2, 0) is 4.74 Å². The van der Waals surface area contributed by atoms with Crippen molar-refractivity contribution in [1.29, 1.82) is 0 Å². The Labute approximate surface area is 126 Å². The summed E-state index contributed by atoms with van der Waals surface area (Å²) < 4.78 is 5.74. The molecule has 120 valence electrons. The van der Waals surface area contributed by atoms with Crippen LogP contribution < -0.4 is 5.73 Å². The molecule has 1 rings (SSSR count). The number of hydrogen-bond acceptors (Lipinski definition) is 3. The van der Waals surface area contributed by atoms with Crippen LogP contribution in [0.5, 0.6) is 0 Å². The summed E-state index contributed by atoms with van der Waals surface area (Å²) in [5.41, 5.74) is 6.16. The average molecular weight is 284 g/mol. The summed E-state index contributed by atoms with van der Waals surface area (Å²) in [6, 6.07) is 0. The molecule has 0 bridgehead atoms. The minimum Gasteiger partial charge on any atom is -0.380 e. The Morgan fingerprint density at radius 2 is 1.90 bits per heavy atom. The monoisotopic (exact) mass is 284 g/mol. The van der Waals surface area contributed by atoms with E-state index in [9.17, 15) is 0 Å². The third-order valence-electron chi connectivity index (χ3n) is 4.80. The highest BCUT2D eigenvalue weighted by Gasteiger charge is 2.27. The summed E-state index contributed by atoms with van der Waals surface area (Å²) >= 11 is 0. The zero-order valence-electron chi connectivity index (χ0n) is 14.0. The van der Waals surface area contributed by atoms with Gasteiger partial charge in [-0.05, 0) is 39.2 Å². The van der Waals surface area contributed by atoms with E-state index < -0.39 is 0 Å². The lowest BCUT2D eigenvalue weighted by molar-refractivity contribution is 0.0613. The van der Waals surface area contributed by atoms with Crippen molar-refractivity contribution in [2.45, 2.75) is 70.8 Å². The molecule has 1 fully saturated rings. The summed E-state index contributed by atoms with van der Waals surface area (Å²) in [5, 5.41) is 0. The van der Waals surface area contributed by atoms with Crippen LogP contribution in [0.4, 0.5) is 0 Å². The highest BCUT2D eigenvalue weighted by molar-refractivity contribution is 4.85. The Hall–Kier alpha value is -0.120. The van der Waals surface area contributed by atoms with E-state index in [4.69, 9.17) is 10.5 Å². The number of rotatable bonds is 13. The molecular weight excluding hydrogens is 248 g/mol. The zero-order chi connectivity index (χ0) is 14.8. The first-order valence-electron chi connectivity index (χ1n) is 8.61. The van der Waals surface area contributed by atoms with E-state index in [1.54, 1.807) is 0 Å². The average Bonchev–Trinajstić information content (AvgIpc) is 3.27. The quantitative estimate of drug-likeness (QED) is 0.527. The van der Waals surface area contributed by atoms with Gasteiger partial charge in [0.25, 0.3) is 0 Å². The van der Waals surface area contributed by atoms with Crippen molar-refractivity contribution in [2.75, 3.05) is 33.4 Å². The van der Waals surface area contributed by atoms with Crippen molar-refractivity contribution in [3.05, 3.63) is 0 Å². The normalized spacial score (nSPS) is 18.4. The van der Waals surface area contributed by atoms with Crippen LogP contribution in [-0.4, -0.2) is 43.8 Å². The molecule has 20 heavy (non-hydrogen) atoms. The van der Waals surface area contributed by atoms with Crippen LogP contribution in [0.2, 0.25) is 0 Å². The summed E-state index contributed by atoms with van der Waals surface area (Å²) in [5.74, 6) is 0.861. The Bertz CT molecular complexity index is 243. The number of hydrogen-bond donors (Lipinski definition) is 1. The highest BCUT2D eigenvalue weighted by atomic mass is 16.5. The lowest BCUT2D eigenvalue weighted by Crippen LogP contribution is -2.50. The molecule has 0 aliphatic heterocycles. The van der Waals surface area contributed by atoms with Crippen LogP contribution in [0.3, 0.4) is 0 Å². The third-order valence-corrected chi connectivity index (χ3v) is 4.80. The van der Waals surface area contributed by atoms with Gasteiger partial charge in [-0.2, -0.15) is 0 Å². The largest absolute Gasteiger partial charge is 0.380 e. The Kier molecular flexibility index (Phi) is 8.74. The van der Waals surface area contributed by atoms with Gasteiger partial charge in [-0.15, -0.1) is 0 Å². The van der Waals surface area contributed by atoms with E-state index in [2.05, 4.69) is 25.8 Å². The van der Waals surface area contributed by atoms with Crippen LogP contribution in [0, 0.1) is 5.92 Å². The Balaban J connectivity index is 2.14. The topological polar surface area (TPSA) is 38.5 Å². The minimum atomic E-state index is 0.134. The van der Waals surface area contributed by atoms with Gasteiger partial charge in [0.1, 0.15) is 0 Å². The smallest absolute Gasteiger partial charge is 0.0593 e. The fourth-order valence-corrected chi connectivity index (χ4v) is 2.56. The molecule has 0 aromatic rings. The van der Waals surface area contributed by atoms with E-state index in [-0.39, 0.29) is 5.54 Å². The van der Waals surface area contributed by atoms with Crippen molar-refractivity contribution in [3.8, 4) is 0 Å². The van der Waals surface area contributed by atoms with Crippen molar-refractivity contribution in [3.63, 3.8) is 0 Å². The van der Waals surface area contributed by atoms with E-state index in [1.807, 2.05) is 0 Å². The second kappa shape index (κ2) is 9.75. The summed E-state index contributed by atoms with van der Waals surface area (Å²) in [6.45, 7) is 8.10. The molecule has 3 nitrogen and oxygen atoms in total. The summed E-state index contributed by atoms with van der Waals surface area (Å²) in [6.07, 6.45) is 10.6. The maximum absolute atomic E-state index is 6.03. The van der Waals surface area contributed by atoms with Gasteiger partial charge in [0.05, 0.1) is 6.61 Å². The minimum absolute atomic E-state index is 0.134. The fourth-order valence-electron chi connectivity index (χ4n) is 2.56. The van der Waals surface area contributed by atoms with Crippen LogP contribution in [0.25, 0.3) is 0 Å². The molecule has 1 aliphatic rings. The van der Waals surface area contributed by atoms with Gasteiger partial charge in [0.15, 0.2) is 0 Å². The lowest BCUT2D eigenvalue weighted by atomic mass is 9.92. The number of nitrogens with zero attached hydrogens (tertiary/aromatic N) is 1. The summed E-state index contributed by atoms with van der Waals surface area (Å²) in [7, 11) is 2.19. The molecule has 0 aromatic carbocycles. The predicted molar refractivity (Wildman–Crippen MR) is 87.0 cm³/mol. The Morgan fingerprint density at radius 1 is 1.20 bits per heavy atom. The molecule has 0 spiro atoms. The Morgan fingerprint density at radius 3 is 2.50 bits per heavy atom. The molecule has 1 aliphatic carbocycles. The molecule has 1 saturated carbocycles. The van der Waals surface area contributed by atoms with Gasteiger partial charge >= 0.3 is 0 Å². The van der Waals surface area contributed by atoms with Crippen molar-refractivity contribution in [2.24, 2.45) is 11.7 Å². The lowest BCUT2D eigenvalue weighted by Gasteiger charge is -2.38. The van der Waals surface area contributed by atoms with Crippen LogP contribution in [0.1, 0.15) is 65.2 Å². The van der Waals surface area contributed by atoms with Gasteiger partial charge < -0.3 is 10.5 Å². The van der Waals surface area contributed by atoms with E-state index in [0.29, 0.717) is 0 Å². The standard InChI is InChI=1S/C17H36N2O/c1-4-5-6-7-8-11-17(2,15-18)19(3)12-13-20-14-16-9-10-16/h16H,4-15,18H2,1-3H3. The molecule has 0 heterocycles. The van der Waals surface area contributed by atoms with Gasteiger partial charge in [-0.1, -0.05) is 39.0 Å². The number of likely N-dealkylation sites (N-methyl/N-ethyl adjacent to an activating group) is 1. The zero-order valence-corrected chi connectivity index (χ0v) is 14.0. The van der Waals surface area contributed by atoms with Crippen molar-refractivity contribution >= 4 is 0 Å². The third kappa shape index (κ3) is 7.05. The molecule has 0 radical (unpaired) electrons. The SMILES string of the molecule is CCCCCCCC(C)(CN)N(C)CCOCC1CC1. The molecule has 1 unspecified atom stereocenters. The van der Waals surface area contributed by atoms with Gasteiger partial charge in [-0.3, -0.25) is 4.90 Å². The number of ether oxygens (including phenoxy) is 1. The highest BCUT2D eigenvalue weighted by Crippen LogP contribution is 2.28. The van der Waals surface area contributed by atoms with Gasteiger partial charge in [0, 0.05) is 25.2 Å². The van der Waals surface area contributed by atoms with Crippen molar-refractivity contribution < 1.29 is 4.74 Å². The van der Waals surface area contributed by atoms with E-state index in [0.717, 1.165) is 32.2 Å². The number of unbranched alkanes of at least 4 members (excludes halogenated alkanes) is 4. The molecule has 0 saturated heterocycles.